The van der Waals surface area contributed by atoms with Gasteiger partial charge in [0.2, 0.25) is 0 Å². The molecule has 9 nitrogen and oxygen atoms in total. The number of nitriles is 1. The Labute approximate surface area is 249 Å². The van der Waals surface area contributed by atoms with Crippen LogP contribution in [0.25, 0.3) is 5.57 Å². The number of hydrogen-bond donors (Lipinski definition) is 3. The van der Waals surface area contributed by atoms with E-state index < -0.39 is 6.04 Å². The fourth-order valence-corrected chi connectivity index (χ4v) is 5.93. The third-order valence-corrected chi connectivity index (χ3v) is 8.43. The van der Waals surface area contributed by atoms with Gasteiger partial charge in [-0.15, -0.1) is 0 Å². The van der Waals surface area contributed by atoms with Crippen LogP contribution in [-0.2, 0) is 9.53 Å². The van der Waals surface area contributed by atoms with Gasteiger partial charge < -0.3 is 30.9 Å². The minimum atomic E-state index is -0.683. The standard InChI is InChI=1S/C33H43N7O2/c1-4-42-33(41)28-19-27(24-10-11-29(36-21-24)40-16-12-23(20-34)13-17-40)30(31(35)22(2)3)32(38-28)37-25-8-7-9-26(18-25)39-14-5-6-15-39/h7-11,18-19,21-23,28,31,37-38H,4-6,12-17,35H2,1-3H3. The molecule has 1 aromatic heterocycles. The van der Waals surface area contributed by atoms with Gasteiger partial charge in [-0.2, -0.15) is 5.26 Å². The lowest BCUT2D eigenvalue weighted by atomic mass is 9.85. The molecule has 2 unspecified atom stereocenters. The highest BCUT2D eigenvalue weighted by Gasteiger charge is 2.32. The van der Waals surface area contributed by atoms with Crippen molar-refractivity contribution in [3.05, 3.63) is 65.6 Å². The number of rotatable bonds is 9. The SMILES string of the molecule is CCOC(=O)C1C=C(c2ccc(N3CCC(C#N)CC3)nc2)C(C(N)C(C)C)=C(Nc2cccc(N3CCCC3)c2)N1. The average Bonchev–Trinajstić information content (AvgIpc) is 3.56. The van der Waals surface area contributed by atoms with Gasteiger partial charge in [-0.05, 0) is 80.5 Å². The lowest BCUT2D eigenvalue weighted by Crippen LogP contribution is -2.44. The number of nitrogens with two attached hydrogens (primary N) is 1. The van der Waals surface area contributed by atoms with Gasteiger partial charge in [0.25, 0.3) is 0 Å². The number of nitrogens with zero attached hydrogens (tertiary/aromatic N) is 4. The minimum Gasteiger partial charge on any atom is -0.464 e. The predicted octanol–water partition coefficient (Wildman–Crippen LogP) is 4.65. The van der Waals surface area contributed by atoms with E-state index in [0.717, 1.165) is 67.2 Å². The molecule has 2 fully saturated rings. The Bertz CT molecular complexity index is 1350. The van der Waals surface area contributed by atoms with Crippen molar-refractivity contribution in [2.45, 2.75) is 58.5 Å². The lowest BCUT2D eigenvalue weighted by Gasteiger charge is -2.33. The molecule has 2 aromatic rings. The zero-order chi connectivity index (χ0) is 29.6. The van der Waals surface area contributed by atoms with Gasteiger partial charge in [0.1, 0.15) is 17.7 Å². The second-order valence-electron chi connectivity index (χ2n) is 11.7. The van der Waals surface area contributed by atoms with Crippen LogP contribution in [0.2, 0.25) is 0 Å². The third-order valence-electron chi connectivity index (χ3n) is 8.43. The van der Waals surface area contributed by atoms with Crippen molar-refractivity contribution in [2.24, 2.45) is 17.6 Å². The molecule has 4 heterocycles. The van der Waals surface area contributed by atoms with Crippen molar-refractivity contribution in [3.8, 4) is 6.07 Å². The van der Waals surface area contributed by atoms with E-state index in [-0.39, 0.29) is 23.8 Å². The molecule has 2 atom stereocenters. The maximum Gasteiger partial charge on any atom is 0.332 e. The minimum absolute atomic E-state index is 0.118. The molecule has 3 aliphatic heterocycles. The summed E-state index contributed by atoms with van der Waals surface area (Å²) >= 11 is 0. The first-order valence-electron chi connectivity index (χ1n) is 15.3. The molecule has 2 saturated heterocycles. The lowest BCUT2D eigenvalue weighted by molar-refractivity contribution is -0.144. The third kappa shape index (κ3) is 6.55. The highest BCUT2D eigenvalue weighted by molar-refractivity contribution is 5.90. The van der Waals surface area contributed by atoms with E-state index in [1.54, 1.807) is 0 Å². The fourth-order valence-electron chi connectivity index (χ4n) is 5.93. The van der Waals surface area contributed by atoms with Gasteiger partial charge in [0.15, 0.2) is 0 Å². The molecule has 0 saturated carbocycles. The summed E-state index contributed by atoms with van der Waals surface area (Å²) in [6.07, 6.45) is 7.89. The number of benzene rings is 1. The van der Waals surface area contributed by atoms with Crippen molar-refractivity contribution in [1.29, 1.82) is 5.26 Å². The molecule has 222 valence electrons. The number of carbonyl (C=O) groups excluding carboxylic acids is 1. The molecule has 1 aromatic carbocycles. The van der Waals surface area contributed by atoms with Crippen LogP contribution in [0.5, 0.6) is 0 Å². The molecule has 0 aliphatic carbocycles. The highest BCUT2D eigenvalue weighted by atomic mass is 16.5. The van der Waals surface area contributed by atoms with Crippen LogP contribution >= 0.6 is 0 Å². The van der Waals surface area contributed by atoms with Crippen LogP contribution < -0.4 is 26.2 Å². The summed E-state index contributed by atoms with van der Waals surface area (Å²) in [4.78, 5) is 22.5. The number of pyridine rings is 1. The Morgan fingerprint density at radius 1 is 1.17 bits per heavy atom. The van der Waals surface area contributed by atoms with Crippen molar-refractivity contribution in [2.75, 3.05) is 47.9 Å². The van der Waals surface area contributed by atoms with Crippen molar-refractivity contribution >= 4 is 28.7 Å². The van der Waals surface area contributed by atoms with E-state index in [1.165, 1.54) is 18.5 Å². The first-order valence-corrected chi connectivity index (χ1v) is 15.3. The maximum absolute atomic E-state index is 13.1. The summed E-state index contributed by atoms with van der Waals surface area (Å²) in [6, 6.07) is 13.9. The summed E-state index contributed by atoms with van der Waals surface area (Å²) in [5.41, 5.74) is 11.7. The largest absolute Gasteiger partial charge is 0.464 e. The van der Waals surface area contributed by atoms with E-state index in [0.29, 0.717) is 12.4 Å². The Morgan fingerprint density at radius 2 is 1.93 bits per heavy atom. The van der Waals surface area contributed by atoms with Gasteiger partial charge in [0.05, 0.1) is 12.7 Å². The Balaban J connectivity index is 1.51. The number of hydrogen-bond acceptors (Lipinski definition) is 9. The number of esters is 1. The van der Waals surface area contributed by atoms with Crippen LogP contribution in [0.1, 0.15) is 52.0 Å². The summed E-state index contributed by atoms with van der Waals surface area (Å²) in [5.74, 6) is 1.51. The number of ether oxygens (including phenoxy) is 1. The number of carbonyl (C=O) groups is 1. The van der Waals surface area contributed by atoms with Crippen LogP contribution in [-0.4, -0.2) is 55.8 Å². The van der Waals surface area contributed by atoms with Gasteiger partial charge in [-0.3, -0.25) is 0 Å². The van der Waals surface area contributed by atoms with Crippen LogP contribution in [0.15, 0.2) is 60.1 Å². The normalized spacial score (nSPS) is 20.2. The Kier molecular flexibility index (Phi) is 9.33. The van der Waals surface area contributed by atoms with Crippen LogP contribution in [0.3, 0.4) is 0 Å². The van der Waals surface area contributed by atoms with Crippen molar-refractivity contribution in [3.63, 3.8) is 0 Å². The molecule has 3 aliphatic rings. The summed E-state index contributed by atoms with van der Waals surface area (Å²) in [7, 11) is 0. The summed E-state index contributed by atoms with van der Waals surface area (Å²) in [5, 5.41) is 16.2. The zero-order valence-corrected chi connectivity index (χ0v) is 25.0. The first kappa shape index (κ1) is 29.5. The number of aromatic nitrogens is 1. The first-order chi connectivity index (χ1) is 20.4. The molecule has 0 radical (unpaired) electrons. The Morgan fingerprint density at radius 3 is 2.57 bits per heavy atom. The van der Waals surface area contributed by atoms with Gasteiger partial charge in [0, 0.05) is 66.8 Å². The second-order valence-corrected chi connectivity index (χ2v) is 11.7. The molecule has 0 spiro atoms. The van der Waals surface area contributed by atoms with E-state index in [4.69, 9.17) is 15.5 Å². The molecule has 5 rings (SSSR count). The van der Waals surface area contributed by atoms with Gasteiger partial charge >= 0.3 is 5.97 Å². The Hall–Kier alpha value is -4.03. The quantitative estimate of drug-likeness (QED) is 0.371. The van der Waals surface area contributed by atoms with Gasteiger partial charge in [-0.25, -0.2) is 9.78 Å². The summed E-state index contributed by atoms with van der Waals surface area (Å²) in [6.45, 7) is 10.1. The monoisotopic (exact) mass is 569 g/mol. The highest BCUT2D eigenvalue weighted by Crippen LogP contribution is 2.35. The maximum atomic E-state index is 13.1. The van der Waals surface area contributed by atoms with E-state index in [2.05, 4.69) is 64.6 Å². The molecule has 9 heteroatoms. The molecule has 0 bridgehead atoms. The molecular weight excluding hydrogens is 526 g/mol. The van der Waals surface area contributed by atoms with Crippen LogP contribution in [0.4, 0.5) is 17.2 Å². The molecular formula is C33H43N7O2. The number of dihydropyridines is 1. The number of nitrogens with one attached hydrogen (secondary N) is 2. The fraction of sp³-hybridized carbons (Fsp3) is 0.485. The molecule has 4 N–H and O–H groups in total. The molecule has 0 amide bonds. The number of piperidine rings is 1. The second kappa shape index (κ2) is 13.3. The average molecular weight is 570 g/mol. The predicted molar refractivity (Wildman–Crippen MR) is 168 cm³/mol. The van der Waals surface area contributed by atoms with E-state index in [9.17, 15) is 10.1 Å². The summed E-state index contributed by atoms with van der Waals surface area (Å²) < 4.78 is 5.43. The van der Waals surface area contributed by atoms with Gasteiger partial charge in [-0.1, -0.05) is 19.9 Å². The van der Waals surface area contributed by atoms with Crippen molar-refractivity contribution in [1.82, 2.24) is 10.3 Å². The zero-order valence-electron chi connectivity index (χ0n) is 25.0. The molecule has 42 heavy (non-hydrogen) atoms. The van der Waals surface area contributed by atoms with Crippen molar-refractivity contribution < 1.29 is 9.53 Å². The van der Waals surface area contributed by atoms with E-state index in [1.807, 2.05) is 31.3 Å². The smallest absolute Gasteiger partial charge is 0.332 e. The topological polar surface area (TPSA) is 120 Å². The van der Waals surface area contributed by atoms with Crippen LogP contribution in [0, 0.1) is 23.2 Å². The van der Waals surface area contributed by atoms with E-state index >= 15 is 0 Å². The number of anilines is 3.